The van der Waals surface area contributed by atoms with Crippen LogP contribution in [-0.4, -0.2) is 13.1 Å². The summed E-state index contributed by atoms with van der Waals surface area (Å²) in [5.74, 6) is 0.217. The fourth-order valence-corrected chi connectivity index (χ4v) is 2.53. The maximum Gasteiger partial charge on any atom is 0.123 e. The third kappa shape index (κ3) is 4.43. The molecule has 1 nitrogen and oxygen atoms in total. The van der Waals surface area contributed by atoms with Crippen LogP contribution < -0.4 is 5.32 Å². The molecule has 0 aliphatic rings. The summed E-state index contributed by atoms with van der Waals surface area (Å²) >= 11 is 3.46. The predicted molar refractivity (Wildman–Crippen MR) is 85.5 cm³/mol. The van der Waals surface area contributed by atoms with Crippen molar-refractivity contribution in [3.05, 3.63) is 69.9 Å². The summed E-state index contributed by atoms with van der Waals surface area (Å²) in [5, 5.41) is 3.41. The molecular formula is C17H19BrFN. The maximum absolute atomic E-state index is 13.0. The van der Waals surface area contributed by atoms with Crippen molar-refractivity contribution in [1.82, 2.24) is 5.32 Å². The second kappa shape index (κ2) is 7.55. The van der Waals surface area contributed by atoms with Crippen LogP contribution in [0.15, 0.2) is 53.0 Å². The van der Waals surface area contributed by atoms with Crippen molar-refractivity contribution in [3.63, 3.8) is 0 Å². The Hall–Kier alpha value is -1.19. The third-order valence-corrected chi connectivity index (χ3v) is 3.91. The molecule has 0 spiro atoms. The molecule has 2 rings (SSSR count). The van der Waals surface area contributed by atoms with E-state index < -0.39 is 0 Å². The van der Waals surface area contributed by atoms with Crippen LogP contribution in [0.5, 0.6) is 0 Å². The van der Waals surface area contributed by atoms with Crippen LogP contribution in [0.4, 0.5) is 4.39 Å². The molecule has 106 valence electrons. The van der Waals surface area contributed by atoms with E-state index >= 15 is 0 Å². The number of nitrogens with one attached hydrogen (secondary N) is 1. The van der Waals surface area contributed by atoms with Gasteiger partial charge in [0.25, 0.3) is 0 Å². The molecule has 0 radical (unpaired) electrons. The lowest BCUT2D eigenvalue weighted by molar-refractivity contribution is 0.592. The first-order valence-electron chi connectivity index (χ1n) is 6.89. The zero-order valence-corrected chi connectivity index (χ0v) is 13.2. The van der Waals surface area contributed by atoms with Gasteiger partial charge in [-0.05, 0) is 48.4 Å². The fraction of sp³-hybridized carbons (Fsp3) is 0.294. The summed E-state index contributed by atoms with van der Waals surface area (Å²) in [6.45, 7) is 3.99. The minimum atomic E-state index is -0.180. The summed E-state index contributed by atoms with van der Waals surface area (Å²) < 4.78 is 14.1. The molecule has 0 aliphatic heterocycles. The average Bonchev–Trinajstić information content (AvgIpc) is 2.46. The largest absolute Gasteiger partial charge is 0.316 e. The second-order valence-corrected chi connectivity index (χ2v) is 5.80. The zero-order chi connectivity index (χ0) is 14.4. The second-order valence-electron chi connectivity index (χ2n) is 4.89. The molecule has 0 amide bonds. The molecule has 0 bridgehead atoms. The number of rotatable bonds is 6. The quantitative estimate of drug-likeness (QED) is 0.818. The Morgan fingerprint density at radius 3 is 2.30 bits per heavy atom. The molecule has 20 heavy (non-hydrogen) atoms. The summed E-state index contributed by atoms with van der Waals surface area (Å²) in [6.07, 6.45) is 0.912. The van der Waals surface area contributed by atoms with Gasteiger partial charge >= 0.3 is 0 Å². The van der Waals surface area contributed by atoms with E-state index in [9.17, 15) is 4.39 Å². The molecule has 0 aromatic heterocycles. The highest BCUT2D eigenvalue weighted by Crippen LogP contribution is 2.22. The first kappa shape index (κ1) is 15.2. The molecule has 0 saturated heterocycles. The van der Waals surface area contributed by atoms with Gasteiger partial charge in [-0.3, -0.25) is 0 Å². The lowest BCUT2D eigenvalue weighted by atomic mass is 9.92. The normalized spacial score (nSPS) is 12.3. The van der Waals surface area contributed by atoms with Crippen LogP contribution in [0.25, 0.3) is 0 Å². The molecule has 3 heteroatoms. The summed E-state index contributed by atoms with van der Waals surface area (Å²) in [6, 6.07) is 15.2. The van der Waals surface area contributed by atoms with Gasteiger partial charge < -0.3 is 5.32 Å². The first-order chi connectivity index (χ1) is 9.69. The van der Waals surface area contributed by atoms with Gasteiger partial charge in [0.05, 0.1) is 0 Å². The topological polar surface area (TPSA) is 12.0 Å². The SMILES string of the molecule is CCNCC(Cc1ccc(F)cc1)c1ccc(Br)cc1. The molecular weight excluding hydrogens is 317 g/mol. The Bertz CT molecular complexity index is 522. The first-order valence-corrected chi connectivity index (χ1v) is 7.69. The Kier molecular flexibility index (Phi) is 5.74. The van der Waals surface area contributed by atoms with Crippen molar-refractivity contribution in [2.24, 2.45) is 0 Å². The van der Waals surface area contributed by atoms with Crippen LogP contribution in [0.1, 0.15) is 24.0 Å². The summed E-state index contributed by atoms with van der Waals surface area (Å²) in [7, 11) is 0. The van der Waals surface area contributed by atoms with Gasteiger partial charge in [0.15, 0.2) is 0 Å². The van der Waals surface area contributed by atoms with Gasteiger partial charge in [-0.1, -0.05) is 47.1 Å². The van der Waals surface area contributed by atoms with Crippen molar-refractivity contribution in [1.29, 1.82) is 0 Å². The van der Waals surface area contributed by atoms with E-state index in [0.717, 1.165) is 29.5 Å². The van der Waals surface area contributed by atoms with E-state index in [-0.39, 0.29) is 5.82 Å². The van der Waals surface area contributed by atoms with Gasteiger partial charge in [-0.2, -0.15) is 0 Å². The lowest BCUT2D eigenvalue weighted by Gasteiger charge is -2.18. The molecule has 1 N–H and O–H groups in total. The minimum Gasteiger partial charge on any atom is -0.316 e. The molecule has 2 aromatic rings. The Labute approximate surface area is 128 Å². The molecule has 1 atom stereocenters. The van der Waals surface area contributed by atoms with Crippen molar-refractivity contribution < 1.29 is 4.39 Å². The van der Waals surface area contributed by atoms with Gasteiger partial charge in [-0.25, -0.2) is 4.39 Å². The van der Waals surface area contributed by atoms with E-state index in [1.807, 2.05) is 12.1 Å². The van der Waals surface area contributed by atoms with Crippen LogP contribution in [-0.2, 0) is 6.42 Å². The van der Waals surface area contributed by atoms with E-state index in [1.54, 1.807) is 0 Å². The fourth-order valence-electron chi connectivity index (χ4n) is 2.27. The molecule has 0 fully saturated rings. The highest BCUT2D eigenvalue weighted by atomic mass is 79.9. The average molecular weight is 336 g/mol. The number of benzene rings is 2. The van der Waals surface area contributed by atoms with E-state index in [1.165, 1.54) is 17.7 Å². The minimum absolute atomic E-state index is 0.180. The van der Waals surface area contributed by atoms with Crippen LogP contribution >= 0.6 is 15.9 Å². The van der Waals surface area contributed by atoms with Crippen molar-refractivity contribution in [2.75, 3.05) is 13.1 Å². The molecule has 2 aromatic carbocycles. The van der Waals surface area contributed by atoms with Crippen molar-refractivity contribution in [3.8, 4) is 0 Å². The van der Waals surface area contributed by atoms with Crippen molar-refractivity contribution >= 4 is 15.9 Å². The Balaban J connectivity index is 2.14. The van der Waals surface area contributed by atoms with E-state index in [2.05, 4.69) is 52.4 Å². The van der Waals surface area contributed by atoms with Crippen LogP contribution in [0, 0.1) is 5.82 Å². The predicted octanol–water partition coefficient (Wildman–Crippen LogP) is 4.52. The molecule has 0 aliphatic carbocycles. The highest BCUT2D eigenvalue weighted by molar-refractivity contribution is 9.10. The van der Waals surface area contributed by atoms with E-state index in [4.69, 9.17) is 0 Å². The lowest BCUT2D eigenvalue weighted by Crippen LogP contribution is -2.22. The highest BCUT2D eigenvalue weighted by Gasteiger charge is 2.12. The Morgan fingerprint density at radius 2 is 1.70 bits per heavy atom. The monoisotopic (exact) mass is 335 g/mol. The van der Waals surface area contributed by atoms with Gasteiger partial charge in [0, 0.05) is 16.9 Å². The molecule has 0 saturated carbocycles. The Morgan fingerprint density at radius 1 is 1.05 bits per heavy atom. The summed E-state index contributed by atoms with van der Waals surface area (Å²) in [4.78, 5) is 0. The molecule has 0 heterocycles. The maximum atomic E-state index is 13.0. The third-order valence-electron chi connectivity index (χ3n) is 3.38. The van der Waals surface area contributed by atoms with Gasteiger partial charge in [0.2, 0.25) is 0 Å². The number of hydrogen-bond donors (Lipinski definition) is 1. The zero-order valence-electron chi connectivity index (χ0n) is 11.6. The van der Waals surface area contributed by atoms with Crippen molar-refractivity contribution in [2.45, 2.75) is 19.3 Å². The molecule has 1 unspecified atom stereocenters. The number of halogens is 2. The standard InChI is InChI=1S/C17H19BrFN/c1-2-20-12-15(14-5-7-16(18)8-6-14)11-13-3-9-17(19)10-4-13/h3-10,15,20H,2,11-12H2,1H3. The number of likely N-dealkylation sites (N-methyl/N-ethyl adjacent to an activating group) is 1. The van der Waals surface area contributed by atoms with E-state index in [0.29, 0.717) is 5.92 Å². The summed E-state index contributed by atoms with van der Waals surface area (Å²) in [5.41, 5.74) is 2.47. The van der Waals surface area contributed by atoms with Crippen LogP contribution in [0.2, 0.25) is 0 Å². The smallest absolute Gasteiger partial charge is 0.123 e. The van der Waals surface area contributed by atoms with Crippen LogP contribution in [0.3, 0.4) is 0 Å². The van der Waals surface area contributed by atoms with Gasteiger partial charge in [0.1, 0.15) is 5.82 Å². The van der Waals surface area contributed by atoms with Gasteiger partial charge in [-0.15, -0.1) is 0 Å². The number of hydrogen-bond acceptors (Lipinski definition) is 1.